The van der Waals surface area contributed by atoms with Gasteiger partial charge in [-0.05, 0) is 26.3 Å². The molecule has 1 fully saturated rings. The van der Waals surface area contributed by atoms with Crippen molar-refractivity contribution in [2.24, 2.45) is 7.05 Å². The fraction of sp³-hybridized carbons (Fsp3) is 0.667. The molecule has 6 nitrogen and oxygen atoms in total. The Morgan fingerprint density at radius 1 is 1.61 bits per heavy atom. The summed E-state index contributed by atoms with van der Waals surface area (Å²) in [5, 5.41) is 23.1. The van der Waals surface area contributed by atoms with Crippen LogP contribution in [-0.4, -0.2) is 49.6 Å². The van der Waals surface area contributed by atoms with E-state index in [1.54, 1.807) is 11.7 Å². The van der Waals surface area contributed by atoms with E-state index in [-0.39, 0.29) is 5.56 Å². The number of likely N-dealkylation sites (tertiary alicyclic amines) is 1. The van der Waals surface area contributed by atoms with Crippen molar-refractivity contribution in [3.05, 3.63) is 17.5 Å². The van der Waals surface area contributed by atoms with Gasteiger partial charge in [-0.2, -0.15) is 5.10 Å². The van der Waals surface area contributed by atoms with E-state index in [1.807, 2.05) is 6.92 Å². The van der Waals surface area contributed by atoms with Crippen molar-refractivity contribution in [1.29, 1.82) is 0 Å². The minimum Gasteiger partial charge on any atom is -0.478 e. The second-order valence-corrected chi connectivity index (χ2v) is 5.24. The average Bonchev–Trinajstić information content (AvgIpc) is 2.59. The van der Waals surface area contributed by atoms with Gasteiger partial charge in [0.25, 0.3) is 0 Å². The Morgan fingerprint density at radius 2 is 2.33 bits per heavy atom. The lowest BCUT2D eigenvalue weighted by molar-refractivity contribution is -0.0188. The Bertz CT molecular complexity index is 453. The zero-order chi connectivity index (χ0) is 13.3. The second-order valence-electron chi connectivity index (χ2n) is 5.24. The molecule has 1 saturated heterocycles. The highest BCUT2D eigenvalue weighted by atomic mass is 16.4. The summed E-state index contributed by atoms with van der Waals surface area (Å²) in [6.07, 6.45) is 3.09. The van der Waals surface area contributed by atoms with Crippen LogP contribution >= 0.6 is 0 Å². The summed E-state index contributed by atoms with van der Waals surface area (Å²) in [6.45, 7) is 3.77. The van der Waals surface area contributed by atoms with Crippen LogP contribution in [-0.2, 0) is 13.6 Å². The van der Waals surface area contributed by atoms with Gasteiger partial charge < -0.3 is 10.2 Å². The van der Waals surface area contributed by atoms with Crippen LogP contribution < -0.4 is 0 Å². The molecule has 2 rings (SSSR count). The molecule has 1 aliphatic rings. The van der Waals surface area contributed by atoms with Gasteiger partial charge in [-0.3, -0.25) is 9.58 Å². The molecule has 1 unspecified atom stereocenters. The van der Waals surface area contributed by atoms with Crippen LogP contribution in [0.1, 0.15) is 35.8 Å². The minimum absolute atomic E-state index is 0.239. The molecule has 1 aromatic heterocycles. The first kappa shape index (κ1) is 13.0. The summed E-state index contributed by atoms with van der Waals surface area (Å²) in [6, 6.07) is 0. The van der Waals surface area contributed by atoms with Crippen LogP contribution in [0.15, 0.2) is 6.20 Å². The van der Waals surface area contributed by atoms with E-state index in [0.29, 0.717) is 18.8 Å². The number of hydrogen-bond acceptors (Lipinski definition) is 4. The quantitative estimate of drug-likeness (QED) is 0.818. The van der Waals surface area contributed by atoms with Crippen LogP contribution in [0.3, 0.4) is 0 Å². The fourth-order valence-electron chi connectivity index (χ4n) is 2.50. The summed E-state index contributed by atoms with van der Waals surface area (Å²) in [5.74, 6) is -0.957. The lowest BCUT2D eigenvalue weighted by Gasteiger charge is -2.36. The maximum absolute atomic E-state index is 11.1. The number of aromatic nitrogens is 2. The standard InChI is InChI=1S/C12H19N3O3/c1-12(18)4-3-5-15(8-12)7-10-9(11(16)17)6-13-14(10)2/h6,18H,3-5,7-8H2,1-2H3,(H,16,17). The molecule has 0 spiro atoms. The third-order valence-electron chi connectivity index (χ3n) is 3.42. The smallest absolute Gasteiger partial charge is 0.339 e. The number of β-amino-alcohol motifs (C(OH)–C–C–N with tert-alkyl or cyclic N) is 1. The third-order valence-corrected chi connectivity index (χ3v) is 3.42. The van der Waals surface area contributed by atoms with E-state index in [1.165, 1.54) is 6.20 Å². The molecule has 0 radical (unpaired) electrons. The molecule has 0 aliphatic carbocycles. The molecule has 0 bridgehead atoms. The Hall–Kier alpha value is -1.40. The zero-order valence-corrected chi connectivity index (χ0v) is 10.8. The van der Waals surface area contributed by atoms with Crippen molar-refractivity contribution in [3.8, 4) is 0 Å². The molecule has 100 valence electrons. The molecule has 2 heterocycles. The number of hydrogen-bond donors (Lipinski definition) is 2. The van der Waals surface area contributed by atoms with Crippen LogP contribution in [0.2, 0.25) is 0 Å². The van der Waals surface area contributed by atoms with E-state index in [2.05, 4.69) is 10.00 Å². The summed E-state index contributed by atoms with van der Waals surface area (Å²) in [4.78, 5) is 13.2. The van der Waals surface area contributed by atoms with Gasteiger partial charge in [0.2, 0.25) is 0 Å². The first-order valence-electron chi connectivity index (χ1n) is 6.08. The van der Waals surface area contributed by atoms with E-state index in [4.69, 9.17) is 5.11 Å². The van der Waals surface area contributed by atoms with Gasteiger partial charge in [-0.15, -0.1) is 0 Å². The zero-order valence-electron chi connectivity index (χ0n) is 10.8. The monoisotopic (exact) mass is 253 g/mol. The maximum atomic E-state index is 11.1. The number of aliphatic hydroxyl groups is 1. The fourth-order valence-corrected chi connectivity index (χ4v) is 2.50. The van der Waals surface area contributed by atoms with Crippen molar-refractivity contribution in [3.63, 3.8) is 0 Å². The van der Waals surface area contributed by atoms with Gasteiger partial charge in [-0.25, -0.2) is 4.79 Å². The average molecular weight is 253 g/mol. The third kappa shape index (κ3) is 2.70. The van der Waals surface area contributed by atoms with E-state index in [9.17, 15) is 9.90 Å². The van der Waals surface area contributed by atoms with Gasteiger partial charge >= 0.3 is 5.97 Å². The lowest BCUT2D eigenvalue weighted by Crippen LogP contribution is -2.45. The summed E-state index contributed by atoms with van der Waals surface area (Å²) < 4.78 is 1.59. The van der Waals surface area contributed by atoms with Gasteiger partial charge in [0.05, 0.1) is 17.5 Å². The Balaban J connectivity index is 2.14. The van der Waals surface area contributed by atoms with Crippen LogP contribution in [0.4, 0.5) is 0 Å². The predicted octanol–water partition coefficient (Wildman–Crippen LogP) is 0.465. The number of aromatic carboxylic acids is 1. The summed E-state index contributed by atoms with van der Waals surface area (Å²) in [5.41, 5.74) is 0.239. The van der Waals surface area contributed by atoms with E-state index in [0.717, 1.165) is 19.4 Å². The highest BCUT2D eigenvalue weighted by molar-refractivity contribution is 5.88. The molecule has 1 aromatic rings. The van der Waals surface area contributed by atoms with Gasteiger partial charge in [0, 0.05) is 20.1 Å². The van der Waals surface area contributed by atoms with Gasteiger partial charge in [0.1, 0.15) is 5.56 Å². The highest BCUT2D eigenvalue weighted by Gasteiger charge is 2.29. The molecule has 18 heavy (non-hydrogen) atoms. The maximum Gasteiger partial charge on any atom is 0.339 e. The molecule has 1 aliphatic heterocycles. The number of piperidine rings is 1. The minimum atomic E-state index is -0.957. The van der Waals surface area contributed by atoms with Crippen molar-refractivity contribution in [1.82, 2.24) is 14.7 Å². The Labute approximate surface area is 106 Å². The van der Waals surface area contributed by atoms with Crippen molar-refractivity contribution >= 4 is 5.97 Å². The molecule has 0 amide bonds. The normalized spacial score (nSPS) is 25.3. The van der Waals surface area contributed by atoms with Gasteiger partial charge in [-0.1, -0.05) is 0 Å². The lowest BCUT2D eigenvalue weighted by atomic mass is 9.95. The van der Waals surface area contributed by atoms with Crippen LogP contribution in [0, 0.1) is 0 Å². The molecule has 1 atom stereocenters. The number of nitrogens with zero attached hydrogens (tertiary/aromatic N) is 3. The highest BCUT2D eigenvalue weighted by Crippen LogP contribution is 2.22. The number of carboxylic acids is 1. The molecule has 2 N–H and O–H groups in total. The molecule has 0 aromatic carbocycles. The summed E-state index contributed by atoms with van der Waals surface area (Å²) in [7, 11) is 1.74. The van der Waals surface area contributed by atoms with E-state index >= 15 is 0 Å². The number of carboxylic acid groups (broad SMARTS) is 1. The van der Waals surface area contributed by atoms with Crippen LogP contribution in [0.5, 0.6) is 0 Å². The SMILES string of the molecule is Cn1ncc(C(=O)O)c1CN1CCCC(C)(O)C1. The topological polar surface area (TPSA) is 78.6 Å². The molecule has 0 saturated carbocycles. The predicted molar refractivity (Wildman–Crippen MR) is 65.3 cm³/mol. The largest absolute Gasteiger partial charge is 0.478 e. The first-order valence-corrected chi connectivity index (χ1v) is 6.08. The first-order chi connectivity index (χ1) is 8.39. The van der Waals surface area contributed by atoms with E-state index < -0.39 is 11.6 Å². The Kier molecular flexibility index (Phi) is 3.41. The molecule has 6 heteroatoms. The number of carbonyl (C=O) groups is 1. The van der Waals surface area contributed by atoms with Crippen molar-refractivity contribution in [2.45, 2.75) is 31.9 Å². The summed E-state index contributed by atoms with van der Waals surface area (Å²) >= 11 is 0. The van der Waals surface area contributed by atoms with Crippen molar-refractivity contribution < 1.29 is 15.0 Å². The van der Waals surface area contributed by atoms with Crippen molar-refractivity contribution in [2.75, 3.05) is 13.1 Å². The number of aryl methyl sites for hydroxylation is 1. The molecular weight excluding hydrogens is 234 g/mol. The van der Waals surface area contributed by atoms with Gasteiger partial charge in [0.15, 0.2) is 0 Å². The Morgan fingerprint density at radius 3 is 2.94 bits per heavy atom. The van der Waals surface area contributed by atoms with Crippen LogP contribution in [0.25, 0.3) is 0 Å². The molecular formula is C12H19N3O3. The number of rotatable bonds is 3. The second kappa shape index (κ2) is 4.70.